The van der Waals surface area contributed by atoms with Crippen LogP contribution in [0.15, 0.2) is 30.5 Å². The van der Waals surface area contributed by atoms with Gasteiger partial charge in [0.1, 0.15) is 5.82 Å². The first-order chi connectivity index (χ1) is 12.0. The number of rotatable bonds is 4. The number of urea groups is 1. The zero-order valence-electron chi connectivity index (χ0n) is 15.2. The fourth-order valence-corrected chi connectivity index (χ4v) is 3.24. The van der Waals surface area contributed by atoms with Gasteiger partial charge in [0.05, 0.1) is 6.61 Å². The Bertz CT molecular complexity index is 741. The Balaban J connectivity index is 1.68. The van der Waals surface area contributed by atoms with Crippen molar-refractivity contribution in [3.63, 3.8) is 0 Å². The molecule has 1 aliphatic rings. The van der Waals surface area contributed by atoms with E-state index in [2.05, 4.69) is 10.3 Å². The molecule has 1 aromatic heterocycles. The Morgan fingerprint density at radius 2 is 2.16 bits per heavy atom. The molecule has 1 saturated heterocycles. The van der Waals surface area contributed by atoms with Crippen LogP contribution >= 0.6 is 0 Å². The van der Waals surface area contributed by atoms with Crippen molar-refractivity contribution in [2.45, 2.75) is 12.8 Å². The molecule has 0 saturated carbocycles. The monoisotopic (exact) mass is 342 g/mol. The van der Waals surface area contributed by atoms with Gasteiger partial charge < -0.3 is 19.9 Å². The highest BCUT2D eigenvalue weighted by atomic mass is 16.5. The normalized spacial score (nSPS) is 17.3. The van der Waals surface area contributed by atoms with Gasteiger partial charge in [-0.15, -0.1) is 0 Å². The summed E-state index contributed by atoms with van der Waals surface area (Å²) in [6, 6.07) is 7.78. The maximum Gasteiger partial charge on any atom is 0.321 e. The molecule has 1 aliphatic heterocycles. The molecule has 6 heteroatoms. The van der Waals surface area contributed by atoms with Crippen LogP contribution < -0.4 is 10.2 Å². The predicted molar refractivity (Wildman–Crippen MR) is 101 cm³/mol. The number of ether oxygens (including phenoxy) is 1. The van der Waals surface area contributed by atoms with Gasteiger partial charge in [0, 0.05) is 57.5 Å². The number of carbonyl (C=O) groups excluding carboxylic acids is 1. The Morgan fingerprint density at radius 1 is 1.32 bits per heavy atom. The summed E-state index contributed by atoms with van der Waals surface area (Å²) in [6.45, 7) is 2.30. The van der Waals surface area contributed by atoms with E-state index in [-0.39, 0.29) is 6.03 Å². The van der Waals surface area contributed by atoms with E-state index in [0.29, 0.717) is 12.5 Å². The second-order valence-electron chi connectivity index (χ2n) is 6.86. The third-order valence-corrected chi connectivity index (χ3v) is 4.55. The summed E-state index contributed by atoms with van der Waals surface area (Å²) in [6.07, 6.45) is 3.99. The first kappa shape index (κ1) is 17.5. The third-order valence-electron chi connectivity index (χ3n) is 4.55. The Kier molecular flexibility index (Phi) is 5.38. The van der Waals surface area contributed by atoms with Gasteiger partial charge in [-0.2, -0.15) is 0 Å². The standard InChI is InChI=1S/C19H26N4O2/c1-22(2)18-17-7-6-16(11-15(17)8-9-20-18)21-19(24)23(3)12-14-5-4-10-25-13-14/h6-9,11,14H,4-5,10,12-13H2,1-3H3,(H,21,24)/t14-/m1/s1. The molecule has 1 atom stereocenters. The van der Waals surface area contributed by atoms with Crippen LogP contribution in [0, 0.1) is 5.92 Å². The van der Waals surface area contributed by atoms with E-state index in [0.717, 1.165) is 48.3 Å². The fraction of sp³-hybridized carbons (Fsp3) is 0.474. The van der Waals surface area contributed by atoms with Crippen molar-refractivity contribution in [3.05, 3.63) is 30.5 Å². The highest BCUT2D eigenvalue weighted by molar-refractivity contribution is 5.97. The van der Waals surface area contributed by atoms with E-state index in [1.807, 2.05) is 50.3 Å². The van der Waals surface area contributed by atoms with E-state index >= 15 is 0 Å². The van der Waals surface area contributed by atoms with Gasteiger partial charge >= 0.3 is 6.03 Å². The number of anilines is 2. The number of carbonyl (C=O) groups is 1. The first-order valence-corrected chi connectivity index (χ1v) is 8.70. The van der Waals surface area contributed by atoms with E-state index in [4.69, 9.17) is 4.74 Å². The zero-order valence-corrected chi connectivity index (χ0v) is 15.2. The highest BCUT2D eigenvalue weighted by Crippen LogP contribution is 2.26. The lowest BCUT2D eigenvalue weighted by molar-refractivity contribution is 0.0464. The highest BCUT2D eigenvalue weighted by Gasteiger charge is 2.19. The Labute approximate surface area is 148 Å². The molecule has 2 aromatic rings. The summed E-state index contributed by atoms with van der Waals surface area (Å²) in [5.41, 5.74) is 0.792. The molecular weight excluding hydrogens is 316 g/mol. The summed E-state index contributed by atoms with van der Waals surface area (Å²) in [5.74, 6) is 1.35. The van der Waals surface area contributed by atoms with Crippen molar-refractivity contribution in [3.8, 4) is 0 Å². The molecule has 0 radical (unpaired) electrons. The van der Waals surface area contributed by atoms with E-state index in [1.165, 1.54) is 0 Å². The van der Waals surface area contributed by atoms with Crippen molar-refractivity contribution in [1.82, 2.24) is 9.88 Å². The number of nitrogens with zero attached hydrogens (tertiary/aromatic N) is 3. The smallest absolute Gasteiger partial charge is 0.321 e. The molecule has 0 spiro atoms. The topological polar surface area (TPSA) is 57.7 Å². The van der Waals surface area contributed by atoms with Crippen LogP contribution in [0.1, 0.15) is 12.8 Å². The molecule has 3 rings (SSSR count). The second kappa shape index (κ2) is 7.70. The average Bonchev–Trinajstić information content (AvgIpc) is 2.61. The molecule has 2 amide bonds. The van der Waals surface area contributed by atoms with E-state index < -0.39 is 0 Å². The molecule has 1 N–H and O–H groups in total. The van der Waals surface area contributed by atoms with Crippen LogP contribution in [-0.2, 0) is 4.74 Å². The number of fused-ring (bicyclic) bond motifs is 1. The lowest BCUT2D eigenvalue weighted by Crippen LogP contribution is -2.37. The second-order valence-corrected chi connectivity index (χ2v) is 6.86. The van der Waals surface area contributed by atoms with Crippen molar-refractivity contribution < 1.29 is 9.53 Å². The van der Waals surface area contributed by atoms with Crippen molar-refractivity contribution >= 4 is 28.3 Å². The molecule has 0 bridgehead atoms. The summed E-state index contributed by atoms with van der Waals surface area (Å²) in [7, 11) is 5.78. The maximum atomic E-state index is 12.5. The molecule has 25 heavy (non-hydrogen) atoms. The van der Waals surface area contributed by atoms with Crippen LogP contribution in [0.3, 0.4) is 0 Å². The summed E-state index contributed by atoms with van der Waals surface area (Å²) in [4.78, 5) is 20.6. The van der Waals surface area contributed by atoms with Crippen molar-refractivity contribution in [2.75, 3.05) is 51.1 Å². The van der Waals surface area contributed by atoms with Crippen LogP contribution in [0.5, 0.6) is 0 Å². The third kappa shape index (κ3) is 4.20. The Morgan fingerprint density at radius 3 is 2.88 bits per heavy atom. The SMILES string of the molecule is CN(C[C@H]1CCCOC1)C(=O)Nc1ccc2c(N(C)C)nccc2c1. The molecule has 0 unspecified atom stereocenters. The van der Waals surface area contributed by atoms with Gasteiger partial charge in [0.25, 0.3) is 0 Å². The molecular formula is C19H26N4O2. The summed E-state index contributed by atoms with van der Waals surface area (Å²) >= 11 is 0. The minimum absolute atomic E-state index is 0.0909. The number of benzene rings is 1. The molecule has 134 valence electrons. The van der Waals surface area contributed by atoms with Gasteiger partial charge in [-0.1, -0.05) is 0 Å². The minimum atomic E-state index is -0.0909. The van der Waals surface area contributed by atoms with Gasteiger partial charge in [-0.05, 0) is 42.5 Å². The quantitative estimate of drug-likeness (QED) is 0.927. The summed E-state index contributed by atoms with van der Waals surface area (Å²) < 4.78 is 5.49. The van der Waals surface area contributed by atoms with Gasteiger partial charge in [-0.25, -0.2) is 9.78 Å². The molecule has 0 aliphatic carbocycles. The lowest BCUT2D eigenvalue weighted by atomic mass is 10.0. The number of amides is 2. The number of nitrogens with one attached hydrogen (secondary N) is 1. The number of hydrogen-bond acceptors (Lipinski definition) is 4. The number of pyridine rings is 1. The zero-order chi connectivity index (χ0) is 17.8. The minimum Gasteiger partial charge on any atom is -0.381 e. The molecule has 1 fully saturated rings. The van der Waals surface area contributed by atoms with Crippen molar-refractivity contribution in [2.24, 2.45) is 5.92 Å². The van der Waals surface area contributed by atoms with Crippen LogP contribution in [0.4, 0.5) is 16.3 Å². The number of aromatic nitrogens is 1. The molecule has 6 nitrogen and oxygen atoms in total. The van der Waals surface area contributed by atoms with Crippen molar-refractivity contribution in [1.29, 1.82) is 0 Å². The van der Waals surface area contributed by atoms with Crippen LogP contribution in [-0.4, -0.2) is 56.8 Å². The van der Waals surface area contributed by atoms with E-state index in [1.54, 1.807) is 11.1 Å². The van der Waals surface area contributed by atoms with Crippen LogP contribution in [0.2, 0.25) is 0 Å². The predicted octanol–water partition coefficient (Wildman–Crippen LogP) is 3.19. The number of hydrogen-bond donors (Lipinski definition) is 1. The molecule has 2 heterocycles. The average molecular weight is 342 g/mol. The van der Waals surface area contributed by atoms with E-state index in [9.17, 15) is 4.79 Å². The fourth-order valence-electron chi connectivity index (χ4n) is 3.24. The van der Waals surface area contributed by atoms with Crippen LogP contribution in [0.25, 0.3) is 10.8 Å². The first-order valence-electron chi connectivity index (χ1n) is 8.70. The maximum absolute atomic E-state index is 12.5. The lowest BCUT2D eigenvalue weighted by Gasteiger charge is -2.27. The largest absolute Gasteiger partial charge is 0.381 e. The Hall–Kier alpha value is -2.34. The molecule has 1 aromatic carbocycles. The summed E-state index contributed by atoms with van der Waals surface area (Å²) in [5, 5.41) is 5.11. The van der Waals surface area contributed by atoms with Gasteiger partial charge in [-0.3, -0.25) is 0 Å². The van der Waals surface area contributed by atoms with Gasteiger partial charge in [0.2, 0.25) is 0 Å². The van der Waals surface area contributed by atoms with Gasteiger partial charge in [0.15, 0.2) is 0 Å².